The van der Waals surface area contributed by atoms with Gasteiger partial charge in [0.2, 0.25) is 5.91 Å². The van der Waals surface area contributed by atoms with Crippen molar-refractivity contribution in [2.45, 2.75) is 12.8 Å². The van der Waals surface area contributed by atoms with E-state index in [1.807, 2.05) is 36.4 Å². The first kappa shape index (κ1) is 16.5. The zero-order chi connectivity index (χ0) is 16.9. The second kappa shape index (κ2) is 7.45. The third-order valence-electron chi connectivity index (χ3n) is 3.54. The summed E-state index contributed by atoms with van der Waals surface area (Å²) in [6, 6.07) is 17.6. The Morgan fingerprint density at radius 2 is 1.79 bits per heavy atom. The maximum atomic E-state index is 13.5. The number of halogens is 2. The minimum absolute atomic E-state index is 0.192. The largest absolute Gasteiger partial charge is 0.461 e. The van der Waals surface area contributed by atoms with Gasteiger partial charge in [-0.05, 0) is 36.4 Å². The molecule has 0 bridgehead atoms. The Labute approximate surface area is 147 Å². The molecule has 24 heavy (non-hydrogen) atoms. The molecule has 5 heteroatoms. The van der Waals surface area contributed by atoms with Crippen molar-refractivity contribution in [1.29, 1.82) is 0 Å². The van der Waals surface area contributed by atoms with Crippen LogP contribution in [-0.4, -0.2) is 5.91 Å². The summed E-state index contributed by atoms with van der Waals surface area (Å²) in [5.41, 5.74) is 1.16. The molecule has 0 unspecified atom stereocenters. The molecule has 0 aliphatic carbocycles. The lowest BCUT2D eigenvalue weighted by atomic mass is 10.2. The predicted octanol–water partition coefficient (Wildman–Crippen LogP) is 5.42. The molecule has 1 N–H and O–H groups in total. The van der Waals surface area contributed by atoms with Gasteiger partial charge in [-0.2, -0.15) is 0 Å². The summed E-state index contributed by atoms with van der Waals surface area (Å²) < 4.78 is 20.3. The lowest BCUT2D eigenvalue weighted by Crippen LogP contribution is -2.13. The number of anilines is 1. The topological polar surface area (TPSA) is 42.2 Å². The van der Waals surface area contributed by atoms with E-state index in [2.05, 4.69) is 21.2 Å². The summed E-state index contributed by atoms with van der Waals surface area (Å²) in [4.78, 5) is 11.9. The maximum absolute atomic E-state index is 13.5. The molecule has 0 aliphatic heterocycles. The zero-order valence-electron chi connectivity index (χ0n) is 12.8. The molecule has 1 aromatic heterocycles. The Bertz CT molecular complexity index is 843. The summed E-state index contributed by atoms with van der Waals surface area (Å²) in [5.74, 6) is 0.784. The molecule has 0 fully saturated rings. The van der Waals surface area contributed by atoms with E-state index in [9.17, 15) is 9.18 Å². The number of carbonyl (C=O) groups excluding carboxylic acids is 1. The number of rotatable bonds is 5. The van der Waals surface area contributed by atoms with Crippen LogP contribution in [0.5, 0.6) is 0 Å². The van der Waals surface area contributed by atoms with Crippen LogP contribution in [0.4, 0.5) is 10.1 Å². The predicted molar refractivity (Wildman–Crippen MR) is 95.2 cm³/mol. The molecule has 1 amide bonds. The molecular weight excluding hydrogens is 373 g/mol. The lowest BCUT2D eigenvalue weighted by molar-refractivity contribution is -0.116. The molecule has 3 aromatic rings. The van der Waals surface area contributed by atoms with E-state index in [1.54, 1.807) is 12.1 Å². The number of hydrogen-bond acceptors (Lipinski definition) is 2. The van der Waals surface area contributed by atoms with Crippen molar-refractivity contribution in [2.24, 2.45) is 0 Å². The molecule has 0 saturated carbocycles. The number of para-hydroxylation sites is 1. The lowest BCUT2D eigenvalue weighted by Gasteiger charge is -2.05. The average Bonchev–Trinajstić information content (AvgIpc) is 3.05. The third-order valence-corrected chi connectivity index (χ3v) is 4.07. The summed E-state index contributed by atoms with van der Waals surface area (Å²) in [5, 5.41) is 2.56. The standard InChI is InChI=1S/C19H15BrFNO2/c20-14-7-5-13(6-8-14)18-11-9-15(24-18)10-12-19(23)22-17-4-2-1-3-16(17)21/h1-9,11H,10,12H2,(H,22,23). The van der Waals surface area contributed by atoms with Gasteiger partial charge in [-0.1, -0.05) is 40.2 Å². The molecule has 0 atom stereocenters. The van der Waals surface area contributed by atoms with E-state index in [-0.39, 0.29) is 18.0 Å². The smallest absolute Gasteiger partial charge is 0.224 e. The number of furan rings is 1. The highest BCUT2D eigenvalue weighted by Crippen LogP contribution is 2.24. The zero-order valence-corrected chi connectivity index (χ0v) is 14.3. The Morgan fingerprint density at radius 1 is 1.04 bits per heavy atom. The first-order chi connectivity index (χ1) is 11.6. The Balaban J connectivity index is 1.58. The first-order valence-corrected chi connectivity index (χ1v) is 8.30. The molecule has 122 valence electrons. The monoisotopic (exact) mass is 387 g/mol. The maximum Gasteiger partial charge on any atom is 0.224 e. The highest BCUT2D eigenvalue weighted by Gasteiger charge is 2.09. The fourth-order valence-corrected chi connectivity index (χ4v) is 2.56. The SMILES string of the molecule is O=C(CCc1ccc(-c2ccc(Br)cc2)o1)Nc1ccccc1F. The summed E-state index contributed by atoms with van der Waals surface area (Å²) in [6.07, 6.45) is 0.679. The third kappa shape index (κ3) is 4.11. The van der Waals surface area contributed by atoms with Gasteiger partial charge in [-0.3, -0.25) is 4.79 Å². The minimum Gasteiger partial charge on any atom is -0.461 e. The van der Waals surface area contributed by atoms with Crippen molar-refractivity contribution in [2.75, 3.05) is 5.32 Å². The molecule has 0 saturated heterocycles. The minimum atomic E-state index is -0.443. The van der Waals surface area contributed by atoms with Crippen molar-refractivity contribution >= 4 is 27.5 Å². The van der Waals surface area contributed by atoms with Gasteiger partial charge in [0.15, 0.2) is 0 Å². The number of nitrogens with one attached hydrogen (secondary N) is 1. The number of hydrogen-bond donors (Lipinski definition) is 1. The summed E-state index contributed by atoms with van der Waals surface area (Å²) in [7, 11) is 0. The van der Waals surface area contributed by atoms with Crippen LogP contribution in [0.15, 0.2) is 69.6 Å². The summed E-state index contributed by atoms with van der Waals surface area (Å²) >= 11 is 3.39. The van der Waals surface area contributed by atoms with E-state index in [0.717, 1.165) is 21.6 Å². The van der Waals surface area contributed by atoms with Gasteiger partial charge in [0, 0.05) is 22.9 Å². The Morgan fingerprint density at radius 3 is 2.54 bits per heavy atom. The van der Waals surface area contributed by atoms with Gasteiger partial charge >= 0.3 is 0 Å². The number of amides is 1. The normalized spacial score (nSPS) is 10.6. The molecule has 0 radical (unpaired) electrons. The second-order valence-electron chi connectivity index (χ2n) is 5.30. The second-order valence-corrected chi connectivity index (χ2v) is 6.22. The molecule has 3 rings (SSSR count). The fourth-order valence-electron chi connectivity index (χ4n) is 2.29. The van der Waals surface area contributed by atoms with Gasteiger partial charge in [-0.25, -0.2) is 4.39 Å². The molecular formula is C19H15BrFNO2. The van der Waals surface area contributed by atoms with Crippen molar-refractivity contribution in [3.63, 3.8) is 0 Å². The van der Waals surface area contributed by atoms with Gasteiger partial charge in [0.05, 0.1) is 5.69 Å². The highest BCUT2D eigenvalue weighted by atomic mass is 79.9. The van der Waals surface area contributed by atoms with Gasteiger partial charge in [0.25, 0.3) is 0 Å². The molecule has 0 aliphatic rings. The van der Waals surface area contributed by atoms with Crippen LogP contribution in [0.3, 0.4) is 0 Å². The van der Waals surface area contributed by atoms with Crippen LogP contribution < -0.4 is 5.32 Å². The first-order valence-electron chi connectivity index (χ1n) is 7.51. The molecule has 1 heterocycles. The number of carbonyl (C=O) groups is 1. The van der Waals surface area contributed by atoms with Crippen LogP contribution in [-0.2, 0) is 11.2 Å². The molecule has 2 aromatic carbocycles. The highest BCUT2D eigenvalue weighted by molar-refractivity contribution is 9.10. The average molecular weight is 388 g/mol. The Hall–Kier alpha value is -2.40. The van der Waals surface area contributed by atoms with Crippen molar-refractivity contribution in [1.82, 2.24) is 0 Å². The van der Waals surface area contributed by atoms with Gasteiger partial charge < -0.3 is 9.73 Å². The Kier molecular flexibility index (Phi) is 5.11. The fraction of sp³-hybridized carbons (Fsp3) is 0.105. The van der Waals surface area contributed by atoms with Crippen molar-refractivity contribution in [3.8, 4) is 11.3 Å². The van der Waals surface area contributed by atoms with E-state index >= 15 is 0 Å². The van der Waals surface area contributed by atoms with Gasteiger partial charge in [-0.15, -0.1) is 0 Å². The van der Waals surface area contributed by atoms with E-state index in [1.165, 1.54) is 12.1 Å². The van der Waals surface area contributed by atoms with E-state index in [0.29, 0.717) is 6.42 Å². The van der Waals surface area contributed by atoms with Crippen molar-refractivity contribution < 1.29 is 13.6 Å². The van der Waals surface area contributed by atoms with Crippen LogP contribution in [0.2, 0.25) is 0 Å². The van der Waals surface area contributed by atoms with Crippen LogP contribution in [0.25, 0.3) is 11.3 Å². The number of benzene rings is 2. The quantitative estimate of drug-likeness (QED) is 0.634. The van der Waals surface area contributed by atoms with E-state index < -0.39 is 5.82 Å². The van der Waals surface area contributed by atoms with Crippen LogP contribution in [0.1, 0.15) is 12.2 Å². The van der Waals surface area contributed by atoms with Crippen LogP contribution in [0, 0.1) is 5.82 Å². The van der Waals surface area contributed by atoms with Crippen molar-refractivity contribution in [3.05, 3.63) is 76.7 Å². The van der Waals surface area contributed by atoms with Gasteiger partial charge in [0.1, 0.15) is 17.3 Å². The van der Waals surface area contributed by atoms with E-state index in [4.69, 9.17) is 4.42 Å². The molecule has 3 nitrogen and oxygen atoms in total. The molecule has 0 spiro atoms. The summed E-state index contributed by atoms with van der Waals surface area (Å²) in [6.45, 7) is 0. The van der Waals surface area contributed by atoms with Crippen LogP contribution >= 0.6 is 15.9 Å². The number of aryl methyl sites for hydroxylation is 1.